The molecule has 4 aromatic rings. The lowest BCUT2D eigenvalue weighted by atomic mass is 10.0. The summed E-state index contributed by atoms with van der Waals surface area (Å²) in [7, 11) is -4.04. The van der Waals surface area contributed by atoms with E-state index in [0.717, 1.165) is 20.5 Å². The number of rotatable bonds is 3. The monoisotopic (exact) mass is 461 g/mol. The maximum Gasteiger partial charge on any atom is 0.271 e. The molecular weight excluding hydrogens is 450 g/mol. The maximum atomic E-state index is 13.2. The smallest absolute Gasteiger partial charge is 0.271 e. The summed E-state index contributed by atoms with van der Waals surface area (Å²) in [6.07, 6.45) is 1.48. The SMILES string of the molecule is O=S(=O)(c1cc(Br)cc(Cl)c1O)n1ccc2ccc(-c3ccccc3)cc21. The van der Waals surface area contributed by atoms with E-state index in [2.05, 4.69) is 15.9 Å². The molecule has 0 saturated heterocycles. The Labute approximate surface area is 169 Å². The third-order valence-corrected chi connectivity index (χ3v) is 6.74. The van der Waals surface area contributed by atoms with Crippen molar-refractivity contribution in [2.45, 2.75) is 4.90 Å². The molecule has 4 nitrogen and oxygen atoms in total. The number of aromatic hydroxyl groups is 1. The van der Waals surface area contributed by atoms with Gasteiger partial charge < -0.3 is 5.11 Å². The third-order valence-electron chi connectivity index (χ3n) is 4.29. The summed E-state index contributed by atoms with van der Waals surface area (Å²) in [4.78, 5) is -0.260. The Balaban J connectivity index is 1.94. The lowest BCUT2D eigenvalue weighted by Crippen LogP contribution is -2.12. The number of hydrogen-bond acceptors (Lipinski definition) is 3. The predicted molar refractivity (Wildman–Crippen MR) is 111 cm³/mol. The van der Waals surface area contributed by atoms with Gasteiger partial charge in [-0.2, -0.15) is 0 Å². The van der Waals surface area contributed by atoms with Crippen LogP contribution in [0.3, 0.4) is 0 Å². The number of fused-ring (bicyclic) bond motifs is 1. The molecule has 1 heterocycles. The summed E-state index contributed by atoms with van der Waals surface area (Å²) >= 11 is 9.18. The number of aromatic nitrogens is 1. The summed E-state index contributed by atoms with van der Waals surface area (Å²) < 4.78 is 28.0. The number of benzene rings is 3. The number of phenols is 1. The molecule has 7 heteroatoms. The van der Waals surface area contributed by atoms with Crippen LogP contribution in [0.25, 0.3) is 22.0 Å². The van der Waals surface area contributed by atoms with E-state index in [1.54, 1.807) is 6.07 Å². The van der Waals surface area contributed by atoms with Gasteiger partial charge in [0.2, 0.25) is 0 Å². The van der Waals surface area contributed by atoms with Crippen LogP contribution in [-0.4, -0.2) is 17.5 Å². The first-order valence-electron chi connectivity index (χ1n) is 7.98. The van der Waals surface area contributed by atoms with Crippen molar-refractivity contribution in [3.63, 3.8) is 0 Å². The molecule has 0 bridgehead atoms. The van der Waals surface area contributed by atoms with Gasteiger partial charge in [-0.05, 0) is 35.4 Å². The van der Waals surface area contributed by atoms with Crippen LogP contribution in [0.15, 0.2) is 82.3 Å². The minimum atomic E-state index is -4.04. The highest BCUT2D eigenvalue weighted by Gasteiger charge is 2.25. The highest BCUT2D eigenvalue weighted by molar-refractivity contribution is 9.10. The van der Waals surface area contributed by atoms with E-state index < -0.39 is 15.8 Å². The van der Waals surface area contributed by atoms with E-state index in [9.17, 15) is 13.5 Å². The average molecular weight is 463 g/mol. The number of hydrogen-bond donors (Lipinski definition) is 1. The zero-order valence-electron chi connectivity index (χ0n) is 13.8. The van der Waals surface area contributed by atoms with Crippen molar-refractivity contribution >= 4 is 48.5 Å². The first-order chi connectivity index (χ1) is 12.9. The van der Waals surface area contributed by atoms with Crippen LogP contribution < -0.4 is 0 Å². The molecule has 0 saturated carbocycles. The van der Waals surface area contributed by atoms with Crippen LogP contribution in [-0.2, 0) is 10.0 Å². The number of nitrogens with zero attached hydrogens (tertiary/aromatic N) is 1. The summed E-state index contributed by atoms with van der Waals surface area (Å²) in [5.74, 6) is -0.471. The molecule has 136 valence electrons. The Bertz CT molecular complexity index is 1270. The highest BCUT2D eigenvalue weighted by Crippen LogP contribution is 2.36. The molecule has 0 fully saturated rings. The van der Waals surface area contributed by atoms with Crippen molar-refractivity contribution in [1.29, 1.82) is 0 Å². The molecule has 4 rings (SSSR count). The predicted octanol–water partition coefficient (Wildman–Crippen LogP) is 5.67. The van der Waals surface area contributed by atoms with Gasteiger partial charge in [-0.25, -0.2) is 12.4 Å². The second-order valence-electron chi connectivity index (χ2n) is 5.99. The van der Waals surface area contributed by atoms with E-state index in [1.807, 2.05) is 48.5 Å². The Morgan fingerprint density at radius 2 is 1.67 bits per heavy atom. The standard InChI is InChI=1S/C20H13BrClNO3S/c21-16-11-17(22)20(24)19(12-16)27(25,26)23-9-8-14-6-7-15(10-18(14)23)13-4-2-1-3-5-13/h1-12,24H. The van der Waals surface area contributed by atoms with Crippen LogP contribution in [0.5, 0.6) is 5.75 Å². The van der Waals surface area contributed by atoms with Crippen LogP contribution in [0, 0.1) is 0 Å². The largest absolute Gasteiger partial charge is 0.505 e. The van der Waals surface area contributed by atoms with Gasteiger partial charge in [0.15, 0.2) is 5.75 Å². The minimum absolute atomic E-state index is 0.0376. The van der Waals surface area contributed by atoms with Crippen LogP contribution in [0.1, 0.15) is 0 Å². The quantitative estimate of drug-likeness (QED) is 0.427. The molecule has 1 N–H and O–H groups in total. The molecule has 0 atom stereocenters. The highest BCUT2D eigenvalue weighted by atomic mass is 79.9. The molecule has 27 heavy (non-hydrogen) atoms. The van der Waals surface area contributed by atoms with E-state index in [1.165, 1.54) is 18.3 Å². The van der Waals surface area contributed by atoms with Crippen molar-refractivity contribution < 1.29 is 13.5 Å². The van der Waals surface area contributed by atoms with Gasteiger partial charge in [0.25, 0.3) is 10.0 Å². The Morgan fingerprint density at radius 1 is 0.926 bits per heavy atom. The topological polar surface area (TPSA) is 59.3 Å². The Hall–Kier alpha value is -2.28. The number of halogens is 2. The van der Waals surface area contributed by atoms with E-state index in [0.29, 0.717) is 9.99 Å². The third kappa shape index (κ3) is 3.14. The molecule has 1 aromatic heterocycles. The van der Waals surface area contributed by atoms with Gasteiger partial charge in [0.1, 0.15) is 4.90 Å². The molecule has 0 radical (unpaired) electrons. The van der Waals surface area contributed by atoms with Gasteiger partial charge in [0.05, 0.1) is 10.5 Å². The Morgan fingerprint density at radius 3 is 2.41 bits per heavy atom. The molecule has 0 aliphatic heterocycles. The lowest BCUT2D eigenvalue weighted by Gasteiger charge is -2.11. The van der Waals surface area contributed by atoms with Crippen LogP contribution in [0.4, 0.5) is 0 Å². The fourth-order valence-corrected chi connectivity index (χ4v) is 5.47. The van der Waals surface area contributed by atoms with Crippen molar-refractivity contribution in [2.75, 3.05) is 0 Å². The van der Waals surface area contributed by atoms with Crippen molar-refractivity contribution in [1.82, 2.24) is 3.97 Å². The van der Waals surface area contributed by atoms with Crippen molar-refractivity contribution in [2.24, 2.45) is 0 Å². The first-order valence-corrected chi connectivity index (χ1v) is 10.6. The summed E-state index contributed by atoms with van der Waals surface area (Å²) in [6, 6.07) is 19.8. The molecule has 0 aliphatic carbocycles. The first kappa shape index (κ1) is 18.1. The van der Waals surface area contributed by atoms with Gasteiger partial charge in [0, 0.05) is 16.1 Å². The van der Waals surface area contributed by atoms with E-state index >= 15 is 0 Å². The fraction of sp³-hybridized carbons (Fsp3) is 0. The second-order valence-corrected chi connectivity index (χ2v) is 9.10. The van der Waals surface area contributed by atoms with Gasteiger partial charge in [-0.15, -0.1) is 0 Å². The van der Waals surface area contributed by atoms with Gasteiger partial charge in [-0.3, -0.25) is 0 Å². The zero-order chi connectivity index (χ0) is 19.2. The molecule has 0 amide bonds. The minimum Gasteiger partial charge on any atom is -0.505 e. The summed E-state index contributed by atoms with van der Waals surface area (Å²) in [5.41, 5.74) is 2.40. The maximum absolute atomic E-state index is 13.2. The molecular formula is C20H13BrClNO3S. The zero-order valence-corrected chi connectivity index (χ0v) is 17.0. The van der Waals surface area contributed by atoms with Crippen LogP contribution >= 0.6 is 27.5 Å². The van der Waals surface area contributed by atoms with Gasteiger partial charge >= 0.3 is 0 Å². The molecule has 3 aromatic carbocycles. The fourth-order valence-electron chi connectivity index (χ4n) is 2.97. The molecule has 0 aliphatic rings. The number of phenolic OH excluding ortho intramolecular Hbond substituents is 1. The van der Waals surface area contributed by atoms with Crippen molar-refractivity contribution in [3.8, 4) is 16.9 Å². The van der Waals surface area contributed by atoms with Gasteiger partial charge in [-0.1, -0.05) is 70.0 Å². The summed E-state index contributed by atoms with van der Waals surface area (Å²) in [6.45, 7) is 0. The van der Waals surface area contributed by atoms with E-state index in [-0.39, 0.29) is 9.92 Å². The normalized spacial score (nSPS) is 11.8. The van der Waals surface area contributed by atoms with Crippen molar-refractivity contribution in [3.05, 3.63) is 82.4 Å². The lowest BCUT2D eigenvalue weighted by molar-refractivity contribution is 0.458. The second kappa shape index (κ2) is 6.71. The Kier molecular flexibility index (Phi) is 4.50. The summed E-state index contributed by atoms with van der Waals surface area (Å²) in [5, 5.41) is 11.0. The average Bonchev–Trinajstić information content (AvgIpc) is 3.09. The molecule has 0 unspecified atom stereocenters. The molecule has 0 spiro atoms. The van der Waals surface area contributed by atoms with E-state index in [4.69, 9.17) is 11.6 Å². The van der Waals surface area contributed by atoms with Crippen LogP contribution in [0.2, 0.25) is 5.02 Å².